The number of nitriles is 1. The molecule has 0 heterocycles. The van der Waals surface area contributed by atoms with Gasteiger partial charge < -0.3 is 0 Å². The van der Waals surface area contributed by atoms with Gasteiger partial charge in [0.1, 0.15) is 0 Å². The second-order valence-electron chi connectivity index (χ2n) is 3.76. The third kappa shape index (κ3) is 2.02. The predicted molar refractivity (Wildman–Crippen MR) is 61.2 cm³/mol. The van der Waals surface area contributed by atoms with E-state index in [9.17, 15) is 8.78 Å². The number of nitrogens with zero attached hydrogens (tertiary/aromatic N) is 1. The first kappa shape index (κ1) is 11.3. The Morgan fingerprint density at radius 3 is 2.53 bits per heavy atom. The largest absolute Gasteiger partial charge is 0.204 e. The van der Waals surface area contributed by atoms with Crippen molar-refractivity contribution in [2.45, 2.75) is 6.92 Å². The maximum Gasteiger partial charge on any atom is 0.166 e. The van der Waals surface area contributed by atoms with Crippen LogP contribution in [-0.2, 0) is 0 Å². The van der Waals surface area contributed by atoms with Gasteiger partial charge >= 0.3 is 0 Å². The number of aryl methyl sites for hydroxylation is 1. The number of hydrogen-bond donors (Lipinski definition) is 0. The monoisotopic (exact) mass is 229 g/mol. The highest BCUT2D eigenvalue weighted by Gasteiger charge is 2.13. The van der Waals surface area contributed by atoms with Crippen molar-refractivity contribution in [3.63, 3.8) is 0 Å². The summed E-state index contributed by atoms with van der Waals surface area (Å²) < 4.78 is 26.8. The SMILES string of the molecule is Cc1ccc(C#N)c(-c2cccc(F)c2F)c1. The summed E-state index contributed by atoms with van der Waals surface area (Å²) in [5, 5.41) is 8.96. The molecule has 0 aliphatic carbocycles. The molecule has 84 valence electrons. The van der Waals surface area contributed by atoms with Gasteiger partial charge in [0.2, 0.25) is 0 Å². The standard InChI is InChI=1S/C14H9F2N/c1-9-5-6-10(8-17)12(7-9)11-3-2-4-13(15)14(11)16/h2-7H,1H3. The van der Waals surface area contributed by atoms with Gasteiger partial charge in [0.25, 0.3) is 0 Å². The Bertz CT molecular complexity index is 612. The Labute approximate surface area is 97.9 Å². The van der Waals surface area contributed by atoms with Gasteiger partial charge in [-0.1, -0.05) is 29.8 Å². The minimum absolute atomic E-state index is 0.116. The molecule has 0 aliphatic heterocycles. The summed E-state index contributed by atoms with van der Waals surface area (Å²) >= 11 is 0. The molecule has 0 amide bonds. The van der Waals surface area contributed by atoms with E-state index in [1.54, 1.807) is 18.2 Å². The molecule has 1 nitrogen and oxygen atoms in total. The summed E-state index contributed by atoms with van der Waals surface area (Å²) in [5.41, 5.74) is 1.76. The van der Waals surface area contributed by atoms with Crippen LogP contribution in [0.5, 0.6) is 0 Å². The molecular weight excluding hydrogens is 220 g/mol. The lowest BCUT2D eigenvalue weighted by atomic mass is 9.98. The molecule has 0 saturated heterocycles. The summed E-state index contributed by atoms with van der Waals surface area (Å²) in [4.78, 5) is 0. The van der Waals surface area contributed by atoms with Gasteiger partial charge in [-0.05, 0) is 19.1 Å². The van der Waals surface area contributed by atoms with Crippen LogP contribution in [-0.4, -0.2) is 0 Å². The normalized spacial score (nSPS) is 10.0. The fraction of sp³-hybridized carbons (Fsp3) is 0.0714. The zero-order valence-electron chi connectivity index (χ0n) is 9.17. The lowest BCUT2D eigenvalue weighted by Gasteiger charge is -2.07. The molecule has 2 aromatic rings. The quantitative estimate of drug-likeness (QED) is 0.729. The number of hydrogen-bond acceptors (Lipinski definition) is 1. The van der Waals surface area contributed by atoms with Crippen molar-refractivity contribution in [3.05, 3.63) is 59.2 Å². The van der Waals surface area contributed by atoms with Gasteiger partial charge in [0.15, 0.2) is 11.6 Å². The van der Waals surface area contributed by atoms with Crippen LogP contribution in [0.15, 0.2) is 36.4 Å². The first-order valence-electron chi connectivity index (χ1n) is 5.08. The molecule has 0 saturated carbocycles. The van der Waals surface area contributed by atoms with Crippen molar-refractivity contribution >= 4 is 0 Å². The van der Waals surface area contributed by atoms with Gasteiger partial charge in [-0.25, -0.2) is 8.78 Å². The smallest absolute Gasteiger partial charge is 0.166 e. The van der Waals surface area contributed by atoms with Crippen LogP contribution in [0.4, 0.5) is 8.78 Å². The van der Waals surface area contributed by atoms with Gasteiger partial charge in [-0.2, -0.15) is 5.26 Å². The van der Waals surface area contributed by atoms with E-state index in [-0.39, 0.29) is 5.56 Å². The Balaban J connectivity index is 2.72. The van der Waals surface area contributed by atoms with Crippen molar-refractivity contribution in [2.24, 2.45) is 0 Å². The summed E-state index contributed by atoms with van der Waals surface area (Å²) in [6, 6.07) is 11.0. The van der Waals surface area contributed by atoms with E-state index in [1.807, 2.05) is 13.0 Å². The molecule has 3 heteroatoms. The van der Waals surface area contributed by atoms with Gasteiger partial charge in [0, 0.05) is 11.1 Å². The summed E-state index contributed by atoms with van der Waals surface area (Å²) in [5.74, 6) is -1.83. The van der Waals surface area contributed by atoms with Crippen LogP contribution >= 0.6 is 0 Å². The molecule has 17 heavy (non-hydrogen) atoms. The maximum atomic E-state index is 13.7. The van der Waals surface area contributed by atoms with Crippen molar-refractivity contribution in [1.29, 1.82) is 5.26 Å². The minimum atomic E-state index is -0.922. The summed E-state index contributed by atoms with van der Waals surface area (Å²) in [6.45, 7) is 1.84. The van der Waals surface area contributed by atoms with Gasteiger partial charge in [-0.15, -0.1) is 0 Å². The van der Waals surface area contributed by atoms with Crippen molar-refractivity contribution in [2.75, 3.05) is 0 Å². The van der Waals surface area contributed by atoms with E-state index in [4.69, 9.17) is 5.26 Å². The minimum Gasteiger partial charge on any atom is -0.204 e. The zero-order chi connectivity index (χ0) is 12.4. The van der Waals surface area contributed by atoms with E-state index in [2.05, 4.69) is 0 Å². The molecule has 0 bridgehead atoms. The van der Waals surface area contributed by atoms with Crippen LogP contribution in [0.2, 0.25) is 0 Å². The highest BCUT2D eigenvalue weighted by atomic mass is 19.2. The van der Waals surface area contributed by atoms with E-state index >= 15 is 0 Å². The van der Waals surface area contributed by atoms with Gasteiger partial charge in [-0.3, -0.25) is 0 Å². The molecule has 0 aliphatic rings. The molecule has 0 unspecified atom stereocenters. The molecule has 0 atom stereocenters. The fourth-order valence-corrected chi connectivity index (χ4v) is 1.69. The molecule has 0 fully saturated rings. The van der Waals surface area contributed by atoms with Crippen LogP contribution in [0.3, 0.4) is 0 Å². The van der Waals surface area contributed by atoms with Crippen molar-refractivity contribution < 1.29 is 8.78 Å². The highest BCUT2D eigenvalue weighted by molar-refractivity contribution is 5.71. The fourth-order valence-electron chi connectivity index (χ4n) is 1.69. The third-order valence-corrected chi connectivity index (χ3v) is 2.54. The lowest BCUT2D eigenvalue weighted by Crippen LogP contribution is -1.92. The number of benzene rings is 2. The Hall–Kier alpha value is -2.21. The summed E-state index contributed by atoms with van der Waals surface area (Å²) in [6.07, 6.45) is 0. The van der Waals surface area contributed by atoms with E-state index < -0.39 is 11.6 Å². The first-order valence-corrected chi connectivity index (χ1v) is 5.08. The predicted octanol–water partition coefficient (Wildman–Crippen LogP) is 3.81. The number of halogens is 2. The summed E-state index contributed by atoms with van der Waals surface area (Å²) in [7, 11) is 0. The second kappa shape index (κ2) is 4.34. The van der Waals surface area contributed by atoms with Crippen LogP contribution < -0.4 is 0 Å². The molecule has 2 aromatic carbocycles. The van der Waals surface area contributed by atoms with Crippen LogP contribution in [0.1, 0.15) is 11.1 Å². The van der Waals surface area contributed by atoms with Crippen LogP contribution in [0, 0.1) is 29.9 Å². The lowest BCUT2D eigenvalue weighted by molar-refractivity contribution is 0.511. The molecule has 0 radical (unpaired) electrons. The van der Waals surface area contributed by atoms with E-state index in [0.29, 0.717) is 11.1 Å². The van der Waals surface area contributed by atoms with E-state index in [1.165, 1.54) is 12.1 Å². The topological polar surface area (TPSA) is 23.8 Å². The Morgan fingerprint density at radius 1 is 1.06 bits per heavy atom. The van der Waals surface area contributed by atoms with Crippen molar-refractivity contribution in [1.82, 2.24) is 0 Å². The second-order valence-corrected chi connectivity index (χ2v) is 3.76. The number of rotatable bonds is 1. The van der Waals surface area contributed by atoms with Gasteiger partial charge in [0.05, 0.1) is 11.6 Å². The molecule has 0 aromatic heterocycles. The van der Waals surface area contributed by atoms with Crippen molar-refractivity contribution in [3.8, 4) is 17.2 Å². The third-order valence-electron chi connectivity index (χ3n) is 2.54. The van der Waals surface area contributed by atoms with Crippen LogP contribution in [0.25, 0.3) is 11.1 Å². The Morgan fingerprint density at radius 2 is 1.82 bits per heavy atom. The molecule has 0 N–H and O–H groups in total. The average Bonchev–Trinajstić information content (AvgIpc) is 2.33. The first-order chi connectivity index (χ1) is 8.13. The Kier molecular flexibility index (Phi) is 2.88. The highest BCUT2D eigenvalue weighted by Crippen LogP contribution is 2.28. The maximum absolute atomic E-state index is 13.7. The van der Waals surface area contributed by atoms with E-state index in [0.717, 1.165) is 11.6 Å². The average molecular weight is 229 g/mol. The molecule has 0 spiro atoms. The molecule has 2 rings (SSSR count). The zero-order valence-corrected chi connectivity index (χ0v) is 9.17. The molecular formula is C14H9F2N.